The van der Waals surface area contributed by atoms with E-state index in [-0.39, 0.29) is 6.71 Å². The van der Waals surface area contributed by atoms with Crippen molar-refractivity contribution in [3.63, 3.8) is 0 Å². The number of anilines is 3. The number of benzene rings is 8. The van der Waals surface area contributed by atoms with Gasteiger partial charge in [-0.15, -0.1) is 0 Å². The van der Waals surface area contributed by atoms with Gasteiger partial charge in [-0.25, -0.2) is 0 Å². The molecule has 0 atom stereocenters. The van der Waals surface area contributed by atoms with Gasteiger partial charge in [0.25, 0.3) is 6.71 Å². The molecule has 2 aliphatic rings. The first-order valence-electron chi connectivity index (χ1n) is 17.9. The predicted molar refractivity (Wildman–Crippen MR) is 217 cm³/mol. The third kappa shape index (κ3) is 4.78. The van der Waals surface area contributed by atoms with Crippen LogP contribution in [0.3, 0.4) is 0 Å². The third-order valence-corrected chi connectivity index (χ3v) is 10.6. The fourth-order valence-corrected chi connectivity index (χ4v) is 8.20. The molecule has 1 aromatic heterocycles. The summed E-state index contributed by atoms with van der Waals surface area (Å²) in [5.74, 6) is 3.30. The Kier molecular flexibility index (Phi) is 6.61. The quantitative estimate of drug-likeness (QED) is 0.170. The maximum Gasteiger partial charge on any atom is 0.260 e. The van der Waals surface area contributed by atoms with Crippen LogP contribution in [0.15, 0.2) is 186 Å². The Morgan fingerprint density at radius 1 is 0.377 bits per heavy atom. The van der Waals surface area contributed by atoms with Gasteiger partial charge in [0.15, 0.2) is 0 Å². The Hall–Kier alpha value is -6.98. The van der Waals surface area contributed by atoms with Crippen LogP contribution in [0, 0.1) is 0 Å². The first-order valence-corrected chi connectivity index (χ1v) is 17.9. The molecule has 0 N–H and O–H groups in total. The standard InChI is InChI=1S/C48H30BNO3/c1-4-14-31(15-5-1)36-20-10-11-21-37(36)32-26-46-48-47(27-32)53-45-29-39-38-25-24-35(50(33-16-6-2-7-17-33)34-18-8-3-9-19-34)28-43(38)52-44(39)30-41(45)49(48)40-22-12-13-23-42(40)51-46/h1-30H. The molecule has 2 aliphatic heterocycles. The molecule has 5 heteroatoms. The van der Waals surface area contributed by atoms with Crippen molar-refractivity contribution in [1.29, 1.82) is 0 Å². The van der Waals surface area contributed by atoms with Gasteiger partial charge in [0, 0.05) is 39.4 Å². The largest absolute Gasteiger partial charge is 0.458 e. The summed E-state index contributed by atoms with van der Waals surface area (Å²) in [5, 5.41) is 2.06. The first-order chi connectivity index (χ1) is 26.3. The van der Waals surface area contributed by atoms with Crippen molar-refractivity contribution in [3.05, 3.63) is 182 Å². The molecule has 9 aromatic rings. The average Bonchev–Trinajstić information content (AvgIpc) is 3.57. The molecular formula is C48H30BNO3. The van der Waals surface area contributed by atoms with Crippen molar-refractivity contribution >= 4 is 62.1 Å². The Labute approximate surface area is 307 Å². The van der Waals surface area contributed by atoms with Crippen LogP contribution in [0.2, 0.25) is 0 Å². The van der Waals surface area contributed by atoms with E-state index in [1.165, 1.54) is 0 Å². The molecule has 3 heterocycles. The van der Waals surface area contributed by atoms with Gasteiger partial charge in [-0.1, -0.05) is 109 Å². The Morgan fingerprint density at radius 2 is 0.962 bits per heavy atom. The molecule has 0 amide bonds. The van der Waals surface area contributed by atoms with Gasteiger partial charge in [0.1, 0.15) is 34.2 Å². The molecule has 0 aliphatic carbocycles. The fourth-order valence-electron chi connectivity index (χ4n) is 8.20. The average molecular weight is 680 g/mol. The minimum absolute atomic E-state index is 0.0769. The van der Waals surface area contributed by atoms with Crippen molar-refractivity contribution < 1.29 is 13.9 Å². The van der Waals surface area contributed by atoms with Crippen LogP contribution in [0.5, 0.6) is 23.0 Å². The number of para-hydroxylation sites is 3. The molecular weight excluding hydrogens is 649 g/mol. The third-order valence-electron chi connectivity index (χ3n) is 10.6. The van der Waals surface area contributed by atoms with E-state index in [4.69, 9.17) is 13.9 Å². The Morgan fingerprint density at radius 3 is 1.68 bits per heavy atom. The SMILES string of the molecule is c1ccc(-c2ccccc2-c2cc3c4c(c2)Oc2cc5c(cc2B4c2ccccc2O3)oc2cc(N(c3ccccc3)c3ccccc3)ccc25)cc1. The van der Waals surface area contributed by atoms with Crippen LogP contribution >= 0.6 is 0 Å². The van der Waals surface area contributed by atoms with Crippen LogP contribution in [0.25, 0.3) is 44.2 Å². The van der Waals surface area contributed by atoms with E-state index in [9.17, 15) is 0 Å². The Bertz CT molecular complexity index is 2810. The normalized spacial score (nSPS) is 12.4. The monoisotopic (exact) mass is 679 g/mol. The smallest absolute Gasteiger partial charge is 0.260 e. The second-order valence-corrected chi connectivity index (χ2v) is 13.6. The van der Waals surface area contributed by atoms with Gasteiger partial charge in [-0.3, -0.25) is 0 Å². The van der Waals surface area contributed by atoms with E-state index in [1.807, 2.05) is 18.2 Å². The zero-order valence-electron chi connectivity index (χ0n) is 28.6. The van der Waals surface area contributed by atoms with Crippen LogP contribution < -0.4 is 30.8 Å². The highest BCUT2D eigenvalue weighted by Crippen LogP contribution is 2.43. The Balaban J connectivity index is 1.07. The summed E-state index contributed by atoms with van der Waals surface area (Å²) in [7, 11) is 0. The second kappa shape index (κ2) is 11.8. The molecule has 0 radical (unpaired) electrons. The minimum atomic E-state index is -0.0769. The van der Waals surface area contributed by atoms with Gasteiger partial charge in [-0.05, 0) is 99.9 Å². The summed E-state index contributed by atoms with van der Waals surface area (Å²) in [5.41, 5.74) is 12.5. The topological polar surface area (TPSA) is 34.8 Å². The highest BCUT2D eigenvalue weighted by Gasteiger charge is 2.41. The van der Waals surface area contributed by atoms with E-state index in [2.05, 4.69) is 169 Å². The van der Waals surface area contributed by atoms with Crippen molar-refractivity contribution in [3.8, 4) is 45.3 Å². The maximum absolute atomic E-state index is 6.92. The predicted octanol–water partition coefficient (Wildman–Crippen LogP) is 11.1. The maximum atomic E-state index is 6.92. The van der Waals surface area contributed by atoms with Crippen LogP contribution in [0.4, 0.5) is 17.1 Å². The minimum Gasteiger partial charge on any atom is -0.458 e. The van der Waals surface area contributed by atoms with Crippen molar-refractivity contribution in [2.24, 2.45) is 0 Å². The molecule has 248 valence electrons. The van der Waals surface area contributed by atoms with Crippen molar-refractivity contribution in [1.82, 2.24) is 0 Å². The van der Waals surface area contributed by atoms with Crippen LogP contribution in [-0.2, 0) is 0 Å². The molecule has 0 fully saturated rings. The van der Waals surface area contributed by atoms with E-state index in [0.717, 1.165) is 101 Å². The van der Waals surface area contributed by atoms with E-state index >= 15 is 0 Å². The van der Waals surface area contributed by atoms with E-state index in [0.29, 0.717) is 0 Å². The number of hydrogen-bond donors (Lipinski definition) is 0. The lowest BCUT2D eigenvalue weighted by Gasteiger charge is -2.33. The van der Waals surface area contributed by atoms with E-state index in [1.54, 1.807) is 0 Å². The van der Waals surface area contributed by atoms with Gasteiger partial charge < -0.3 is 18.8 Å². The highest BCUT2D eigenvalue weighted by molar-refractivity contribution is 6.98. The number of hydrogen-bond acceptors (Lipinski definition) is 4. The summed E-state index contributed by atoms with van der Waals surface area (Å²) in [4.78, 5) is 2.26. The summed E-state index contributed by atoms with van der Waals surface area (Å²) >= 11 is 0. The van der Waals surface area contributed by atoms with Gasteiger partial charge in [-0.2, -0.15) is 0 Å². The molecule has 0 spiro atoms. The van der Waals surface area contributed by atoms with Crippen molar-refractivity contribution in [2.45, 2.75) is 0 Å². The molecule has 0 saturated carbocycles. The molecule has 53 heavy (non-hydrogen) atoms. The number of rotatable bonds is 5. The zero-order chi connectivity index (χ0) is 34.9. The first kappa shape index (κ1) is 29.7. The lowest BCUT2D eigenvalue weighted by molar-refractivity contribution is 0.465. The number of nitrogens with zero attached hydrogens (tertiary/aromatic N) is 1. The lowest BCUT2D eigenvalue weighted by atomic mass is 9.35. The molecule has 11 rings (SSSR count). The lowest BCUT2D eigenvalue weighted by Crippen LogP contribution is -2.57. The van der Waals surface area contributed by atoms with Crippen molar-refractivity contribution in [2.75, 3.05) is 4.90 Å². The summed E-state index contributed by atoms with van der Waals surface area (Å²) < 4.78 is 20.3. The molecule has 0 unspecified atom stereocenters. The highest BCUT2D eigenvalue weighted by atomic mass is 16.5. The summed E-state index contributed by atoms with van der Waals surface area (Å²) in [6.45, 7) is -0.0769. The molecule has 0 bridgehead atoms. The second-order valence-electron chi connectivity index (χ2n) is 13.6. The van der Waals surface area contributed by atoms with E-state index < -0.39 is 0 Å². The molecule has 0 saturated heterocycles. The van der Waals surface area contributed by atoms with Crippen LogP contribution in [0.1, 0.15) is 0 Å². The number of furan rings is 1. The van der Waals surface area contributed by atoms with Crippen LogP contribution in [-0.4, -0.2) is 6.71 Å². The molecule has 4 nitrogen and oxygen atoms in total. The fraction of sp³-hybridized carbons (Fsp3) is 0. The van der Waals surface area contributed by atoms with Gasteiger partial charge in [0.2, 0.25) is 0 Å². The zero-order valence-corrected chi connectivity index (χ0v) is 28.6. The molecule has 8 aromatic carbocycles. The van der Waals surface area contributed by atoms with Gasteiger partial charge >= 0.3 is 0 Å². The number of fused-ring (bicyclic) bond motifs is 7. The summed E-state index contributed by atoms with van der Waals surface area (Å²) in [6.07, 6.45) is 0. The van der Waals surface area contributed by atoms with Gasteiger partial charge in [0.05, 0.1) is 0 Å². The summed E-state index contributed by atoms with van der Waals surface area (Å²) in [6, 6.07) is 63.4. The number of ether oxygens (including phenoxy) is 2.